The van der Waals surface area contributed by atoms with Crippen LogP contribution in [0.3, 0.4) is 0 Å². The van der Waals surface area contributed by atoms with E-state index in [-0.39, 0.29) is 11.9 Å². The van der Waals surface area contributed by atoms with Crippen molar-refractivity contribution in [3.05, 3.63) is 71.0 Å². The van der Waals surface area contributed by atoms with Gasteiger partial charge in [0.25, 0.3) is 5.91 Å². The first kappa shape index (κ1) is 15.3. The largest absolute Gasteiger partial charge is 0.459 e. The topological polar surface area (TPSA) is 33.5 Å². The van der Waals surface area contributed by atoms with Crippen molar-refractivity contribution in [3.63, 3.8) is 0 Å². The van der Waals surface area contributed by atoms with Crippen LogP contribution in [0.1, 0.15) is 40.2 Å². The smallest absolute Gasteiger partial charge is 0.254 e. The molecule has 0 aliphatic carbocycles. The van der Waals surface area contributed by atoms with Gasteiger partial charge < -0.3 is 9.32 Å². The second kappa shape index (κ2) is 5.92. The molecular formula is C20H21NO2. The third-order valence-electron chi connectivity index (χ3n) is 4.51. The van der Waals surface area contributed by atoms with E-state index in [0.717, 1.165) is 22.3 Å². The molecule has 3 nitrogen and oxygen atoms in total. The number of aryl methyl sites for hydroxylation is 2. The zero-order valence-electron chi connectivity index (χ0n) is 14.0. The fourth-order valence-electron chi connectivity index (χ4n) is 2.65. The molecule has 1 amide bonds. The van der Waals surface area contributed by atoms with Gasteiger partial charge in [0.15, 0.2) is 0 Å². The van der Waals surface area contributed by atoms with Gasteiger partial charge in [0, 0.05) is 18.0 Å². The van der Waals surface area contributed by atoms with Crippen LogP contribution in [0.5, 0.6) is 0 Å². The first-order valence-electron chi connectivity index (χ1n) is 7.80. The van der Waals surface area contributed by atoms with Gasteiger partial charge in [0.05, 0.1) is 6.04 Å². The van der Waals surface area contributed by atoms with Crippen molar-refractivity contribution in [2.24, 2.45) is 0 Å². The van der Waals surface area contributed by atoms with Gasteiger partial charge in [0.2, 0.25) is 0 Å². The van der Waals surface area contributed by atoms with Gasteiger partial charge in [-0.25, -0.2) is 0 Å². The quantitative estimate of drug-likeness (QED) is 0.690. The summed E-state index contributed by atoms with van der Waals surface area (Å²) in [5.74, 6) is 0.798. The van der Waals surface area contributed by atoms with Gasteiger partial charge in [-0.1, -0.05) is 24.3 Å². The molecule has 0 radical (unpaired) electrons. The van der Waals surface area contributed by atoms with Gasteiger partial charge >= 0.3 is 0 Å². The van der Waals surface area contributed by atoms with Gasteiger partial charge in [-0.15, -0.1) is 0 Å². The van der Waals surface area contributed by atoms with E-state index in [2.05, 4.69) is 0 Å². The van der Waals surface area contributed by atoms with Crippen molar-refractivity contribution >= 4 is 16.9 Å². The lowest BCUT2D eigenvalue weighted by atomic mass is 10.0. The zero-order chi connectivity index (χ0) is 16.6. The molecule has 1 aromatic heterocycles. The number of fused-ring (bicyclic) bond motifs is 1. The highest BCUT2D eigenvalue weighted by molar-refractivity contribution is 5.94. The molecule has 3 aromatic rings. The lowest BCUT2D eigenvalue weighted by molar-refractivity contribution is 0.0727. The van der Waals surface area contributed by atoms with Crippen LogP contribution in [-0.4, -0.2) is 17.9 Å². The third-order valence-corrected chi connectivity index (χ3v) is 4.51. The van der Waals surface area contributed by atoms with E-state index in [1.165, 1.54) is 5.56 Å². The number of nitrogens with zero attached hydrogens (tertiary/aromatic N) is 1. The maximum Gasteiger partial charge on any atom is 0.254 e. The summed E-state index contributed by atoms with van der Waals surface area (Å²) in [6.45, 7) is 6.05. The number of furan rings is 1. The summed E-state index contributed by atoms with van der Waals surface area (Å²) in [7, 11) is 1.81. The van der Waals surface area contributed by atoms with Crippen LogP contribution in [0.2, 0.25) is 0 Å². The minimum absolute atomic E-state index is 0.000978. The number of hydrogen-bond acceptors (Lipinski definition) is 2. The van der Waals surface area contributed by atoms with Crippen molar-refractivity contribution in [2.75, 3.05) is 7.05 Å². The highest BCUT2D eigenvalue weighted by Crippen LogP contribution is 2.27. The second-order valence-electron chi connectivity index (χ2n) is 6.08. The number of carbonyl (C=O) groups excluding carboxylic acids is 1. The predicted octanol–water partition coefficient (Wildman–Crippen LogP) is 4.88. The van der Waals surface area contributed by atoms with Gasteiger partial charge in [0.1, 0.15) is 11.3 Å². The van der Waals surface area contributed by atoms with Crippen LogP contribution < -0.4 is 0 Å². The maximum atomic E-state index is 12.7. The summed E-state index contributed by atoms with van der Waals surface area (Å²) >= 11 is 0. The average Bonchev–Trinajstić information content (AvgIpc) is 2.99. The standard InChI is InChI=1S/C20H21NO2/c1-13-9-10-17(11-14(13)2)20(22)21(4)15(3)19-12-16-7-5-6-8-18(16)23-19/h5-12,15H,1-4H3/t15-/m1/s1. The minimum Gasteiger partial charge on any atom is -0.459 e. The molecule has 0 aliphatic heterocycles. The number of hydrogen-bond donors (Lipinski definition) is 0. The highest BCUT2D eigenvalue weighted by Gasteiger charge is 2.22. The Balaban J connectivity index is 1.87. The molecule has 0 saturated carbocycles. The van der Waals surface area contributed by atoms with Crippen LogP contribution in [0, 0.1) is 13.8 Å². The van der Waals surface area contributed by atoms with Crippen molar-refractivity contribution in [3.8, 4) is 0 Å². The van der Waals surface area contributed by atoms with E-state index in [1.807, 2.05) is 76.3 Å². The first-order valence-corrected chi connectivity index (χ1v) is 7.80. The molecule has 0 bridgehead atoms. The lowest BCUT2D eigenvalue weighted by Gasteiger charge is -2.23. The lowest BCUT2D eigenvalue weighted by Crippen LogP contribution is -2.29. The summed E-state index contributed by atoms with van der Waals surface area (Å²) in [4.78, 5) is 14.4. The van der Waals surface area contributed by atoms with Crippen molar-refractivity contribution < 1.29 is 9.21 Å². The Kier molecular flexibility index (Phi) is 3.95. The number of rotatable bonds is 3. The molecule has 0 unspecified atom stereocenters. The van der Waals surface area contributed by atoms with Crippen molar-refractivity contribution in [2.45, 2.75) is 26.8 Å². The van der Waals surface area contributed by atoms with Crippen LogP contribution in [0.25, 0.3) is 11.0 Å². The fraction of sp³-hybridized carbons (Fsp3) is 0.250. The molecule has 1 heterocycles. The molecule has 3 rings (SSSR count). The average molecular weight is 307 g/mol. The monoisotopic (exact) mass is 307 g/mol. The molecule has 0 N–H and O–H groups in total. The van der Waals surface area contributed by atoms with Crippen molar-refractivity contribution in [1.29, 1.82) is 0 Å². The van der Waals surface area contributed by atoms with Crippen LogP contribution in [0.15, 0.2) is 52.9 Å². The predicted molar refractivity (Wildman–Crippen MR) is 92.6 cm³/mol. The van der Waals surface area contributed by atoms with E-state index in [1.54, 1.807) is 4.90 Å². The minimum atomic E-state index is -0.128. The number of benzene rings is 2. The second-order valence-corrected chi connectivity index (χ2v) is 6.08. The Hall–Kier alpha value is -2.55. The molecule has 1 atom stereocenters. The Morgan fingerprint density at radius 1 is 1.04 bits per heavy atom. The molecule has 2 aromatic carbocycles. The third kappa shape index (κ3) is 2.87. The van der Waals surface area contributed by atoms with Crippen LogP contribution in [-0.2, 0) is 0 Å². The van der Waals surface area contributed by atoms with E-state index < -0.39 is 0 Å². The normalized spacial score (nSPS) is 12.3. The van der Waals surface area contributed by atoms with Crippen LogP contribution >= 0.6 is 0 Å². The number of carbonyl (C=O) groups is 1. The van der Waals surface area contributed by atoms with Gasteiger partial charge in [-0.3, -0.25) is 4.79 Å². The molecule has 3 heteroatoms. The SMILES string of the molecule is Cc1ccc(C(=O)N(C)[C@H](C)c2cc3ccccc3o2)cc1C. The van der Waals surface area contributed by atoms with Gasteiger partial charge in [-0.05, 0) is 56.2 Å². The molecule has 0 saturated heterocycles. The first-order chi connectivity index (χ1) is 11.0. The van der Waals surface area contributed by atoms with E-state index in [0.29, 0.717) is 5.56 Å². The Labute approximate surface area is 136 Å². The number of amides is 1. The molecule has 118 valence electrons. The maximum absolute atomic E-state index is 12.7. The Morgan fingerprint density at radius 3 is 2.48 bits per heavy atom. The molecule has 0 aliphatic rings. The fourth-order valence-corrected chi connectivity index (χ4v) is 2.65. The summed E-state index contributed by atoms with van der Waals surface area (Å²) in [6.07, 6.45) is 0. The Bertz CT molecular complexity index is 830. The summed E-state index contributed by atoms with van der Waals surface area (Å²) in [5, 5.41) is 1.06. The van der Waals surface area contributed by atoms with E-state index >= 15 is 0 Å². The van der Waals surface area contributed by atoms with Crippen molar-refractivity contribution in [1.82, 2.24) is 4.90 Å². The highest BCUT2D eigenvalue weighted by atomic mass is 16.3. The summed E-state index contributed by atoms with van der Waals surface area (Å²) < 4.78 is 5.89. The summed E-state index contributed by atoms with van der Waals surface area (Å²) in [6, 6.07) is 15.6. The van der Waals surface area contributed by atoms with Gasteiger partial charge in [-0.2, -0.15) is 0 Å². The van der Waals surface area contributed by atoms with Crippen LogP contribution in [0.4, 0.5) is 0 Å². The summed E-state index contributed by atoms with van der Waals surface area (Å²) in [5.41, 5.74) is 3.87. The van der Waals surface area contributed by atoms with E-state index in [4.69, 9.17) is 4.42 Å². The number of para-hydroxylation sites is 1. The molecule has 0 spiro atoms. The zero-order valence-corrected chi connectivity index (χ0v) is 14.0. The van der Waals surface area contributed by atoms with E-state index in [9.17, 15) is 4.79 Å². The molecule has 0 fully saturated rings. The molecular weight excluding hydrogens is 286 g/mol. The Morgan fingerprint density at radius 2 is 1.78 bits per heavy atom. The molecule has 23 heavy (non-hydrogen) atoms.